The number of rotatable bonds is 6. The summed E-state index contributed by atoms with van der Waals surface area (Å²) >= 11 is 0. The number of carbonyl (C=O) groups is 1. The molecule has 0 aliphatic rings. The fourth-order valence-electron chi connectivity index (χ4n) is 4.00. The van der Waals surface area contributed by atoms with Crippen LogP contribution in [0.15, 0.2) is 51.7 Å². The normalized spacial score (nSPS) is 11.5. The molecule has 0 unspecified atom stereocenters. The van der Waals surface area contributed by atoms with E-state index in [9.17, 15) is 9.59 Å². The first-order valence-corrected chi connectivity index (χ1v) is 10.5. The lowest BCUT2D eigenvalue weighted by atomic mass is 10.0. The highest BCUT2D eigenvalue weighted by molar-refractivity contribution is 6.07. The quantitative estimate of drug-likeness (QED) is 0.258. The van der Waals surface area contributed by atoms with Gasteiger partial charge in [-0.15, -0.1) is 0 Å². The van der Waals surface area contributed by atoms with E-state index in [4.69, 9.17) is 9.15 Å². The summed E-state index contributed by atoms with van der Waals surface area (Å²) in [6, 6.07) is 12.9. The summed E-state index contributed by atoms with van der Waals surface area (Å²) in [5.74, 6) is 0.114. The van der Waals surface area contributed by atoms with Crippen LogP contribution in [0.4, 0.5) is 0 Å². The van der Waals surface area contributed by atoms with Gasteiger partial charge in [-0.3, -0.25) is 9.48 Å². The number of esters is 1. The largest absolute Gasteiger partial charge is 0.461 e. The van der Waals surface area contributed by atoms with Crippen molar-refractivity contribution in [2.75, 3.05) is 0 Å². The Morgan fingerprint density at radius 3 is 2.71 bits per heavy atom. The van der Waals surface area contributed by atoms with Crippen LogP contribution in [0.2, 0.25) is 0 Å². The van der Waals surface area contributed by atoms with Crippen LogP contribution in [-0.4, -0.2) is 15.7 Å². The van der Waals surface area contributed by atoms with Crippen LogP contribution in [0.25, 0.3) is 21.7 Å². The van der Waals surface area contributed by atoms with Crippen molar-refractivity contribution in [2.24, 2.45) is 5.92 Å². The third-order valence-corrected chi connectivity index (χ3v) is 5.49. The highest BCUT2D eigenvalue weighted by Crippen LogP contribution is 2.28. The van der Waals surface area contributed by atoms with Gasteiger partial charge in [-0.1, -0.05) is 44.2 Å². The molecule has 0 spiro atoms. The van der Waals surface area contributed by atoms with Crippen molar-refractivity contribution < 1.29 is 13.9 Å². The molecule has 0 saturated carbocycles. The lowest BCUT2D eigenvalue weighted by Gasteiger charge is -2.10. The molecular weight excluding hydrogens is 392 g/mol. The molecule has 2 aromatic carbocycles. The van der Waals surface area contributed by atoms with Gasteiger partial charge in [-0.05, 0) is 36.6 Å². The van der Waals surface area contributed by atoms with Crippen LogP contribution in [0.5, 0.6) is 0 Å². The average Bonchev–Trinajstić information content (AvgIpc) is 2.98. The SMILES string of the molecule is Cc1nn(CC(C)C)c(C)c1CC(=O)OCc1cc(=O)oc2ccc3ccccc3c12. The number of benzene rings is 2. The van der Waals surface area contributed by atoms with Gasteiger partial charge in [0, 0.05) is 34.8 Å². The van der Waals surface area contributed by atoms with Gasteiger partial charge in [0.15, 0.2) is 0 Å². The first-order valence-electron chi connectivity index (χ1n) is 10.5. The molecule has 0 aliphatic heterocycles. The highest BCUT2D eigenvalue weighted by atomic mass is 16.5. The fourth-order valence-corrected chi connectivity index (χ4v) is 4.00. The van der Waals surface area contributed by atoms with Gasteiger partial charge in [0.2, 0.25) is 0 Å². The van der Waals surface area contributed by atoms with Crippen molar-refractivity contribution in [3.63, 3.8) is 0 Å². The van der Waals surface area contributed by atoms with Gasteiger partial charge in [-0.2, -0.15) is 5.10 Å². The summed E-state index contributed by atoms with van der Waals surface area (Å²) in [5.41, 5.74) is 3.38. The van der Waals surface area contributed by atoms with E-state index in [0.29, 0.717) is 17.1 Å². The molecule has 0 bridgehead atoms. The zero-order chi connectivity index (χ0) is 22.1. The van der Waals surface area contributed by atoms with Crippen molar-refractivity contribution in [2.45, 2.75) is 47.3 Å². The smallest absolute Gasteiger partial charge is 0.336 e. The van der Waals surface area contributed by atoms with Crippen molar-refractivity contribution in [3.05, 3.63) is 75.4 Å². The van der Waals surface area contributed by atoms with E-state index < -0.39 is 5.63 Å². The maximum absolute atomic E-state index is 12.6. The lowest BCUT2D eigenvalue weighted by Crippen LogP contribution is -2.12. The van der Waals surface area contributed by atoms with Crippen LogP contribution in [-0.2, 0) is 29.1 Å². The van der Waals surface area contributed by atoms with Gasteiger partial charge in [0.05, 0.1) is 12.1 Å². The van der Waals surface area contributed by atoms with E-state index in [-0.39, 0.29) is 19.0 Å². The number of fused-ring (bicyclic) bond motifs is 3. The molecule has 6 heteroatoms. The molecule has 0 fully saturated rings. The Bertz CT molecular complexity index is 1330. The summed E-state index contributed by atoms with van der Waals surface area (Å²) in [5, 5.41) is 7.34. The van der Waals surface area contributed by atoms with Crippen LogP contribution in [0.3, 0.4) is 0 Å². The van der Waals surface area contributed by atoms with Gasteiger partial charge in [0.25, 0.3) is 0 Å². The predicted octanol–water partition coefficient (Wildman–Crippen LogP) is 4.70. The minimum Gasteiger partial charge on any atom is -0.461 e. The van der Waals surface area contributed by atoms with Crippen LogP contribution < -0.4 is 5.63 Å². The molecular formula is C25H26N2O4. The third kappa shape index (κ3) is 4.24. The minimum absolute atomic E-state index is 0.00711. The lowest BCUT2D eigenvalue weighted by molar-refractivity contribution is -0.144. The van der Waals surface area contributed by atoms with E-state index >= 15 is 0 Å². The van der Waals surface area contributed by atoms with E-state index in [0.717, 1.165) is 39.7 Å². The van der Waals surface area contributed by atoms with E-state index in [1.165, 1.54) is 6.07 Å². The maximum Gasteiger partial charge on any atom is 0.336 e. The first-order chi connectivity index (χ1) is 14.8. The van der Waals surface area contributed by atoms with Crippen LogP contribution in [0.1, 0.15) is 36.4 Å². The zero-order valence-electron chi connectivity index (χ0n) is 18.3. The van der Waals surface area contributed by atoms with Gasteiger partial charge in [0.1, 0.15) is 12.2 Å². The van der Waals surface area contributed by atoms with Crippen molar-refractivity contribution in [3.8, 4) is 0 Å². The molecule has 0 amide bonds. The average molecular weight is 418 g/mol. The summed E-state index contributed by atoms with van der Waals surface area (Å²) in [7, 11) is 0. The molecule has 2 aromatic heterocycles. The molecule has 0 radical (unpaired) electrons. The molecule has 4 rings (SSSR count). The van der Waals surface area contributed by atoms with Gasteiger partial charge < -0.3 is 9.15 Å². The maximum atomic E-state index is 12.6. The Hall–Kier alpha value is -3.41. The van der Waals surface area contributed by atoms with Gasteiger partial charge in [-0.25, -0.2) is 4.79 Å². The Kier molecular flexibility index (Phi) is 5.63. The zero-order valence-corrected chi connectivity index (χ0v) is 18.3. The number of hydrogen-bond acceptors (Lipinski definition) is 5. The highest BCUT2D eigenvalue weighted by Gasteiger charge is 2.17. The molecule has 2 heterocycles. The van der Waals surface area contributed by atoms with Crippen LogP contribution >= 0.6 is 0 Å². The molecule has 31 heavy (non-hydrogen) atoms. The first kappa shape index (κ1) is 20.8. The molecule has 0 saturated heterocycles. The molecule has 6 nitrogen and oxygen atoms in total. The number of hydrogen-bond donors (Lipinski definition) is 0. The number of aryl methyl sites for hydroxylation is 1. The fraction of sp³-hybridized carbons (Fsp3) is 0.320. The predicted molar refractivity (Wildman–Crippen MR) is 120 cm³/mol. The summed E-state index contributed by atoms with van der Waals surface area (Å²) in [6.07, 6.45) is 0.149. The topological polar surface area (TPSA) is 74.3 Å². The molecule has 0 atom stereocenters. The Balaban J connectivity index is 1.59. The Morgan fingerprint density at radius 2 is 1.94 bits per heavy atom. The summed E-state index contributed by atoms with van der Waals surface area (Å²) in [6.45, 7) is 8.97. The van der Waals surface area contributed by atoms with Crippen molar-refractivity contribution in [1.29, 1.82) is 0 Å². The second kappa shape index (κ2) is 8.38. The van der Waals surface area contributed by atoms with E-state index in [2.05, 4.69) is 18.9 Å². The van der Waals surface area contributed by atoms with Crippen molar-refractivity contribution in [1.82, 2.24) is 9.78 Å². The molecule has 0 aliphatic carbocycles. The Labute approximate surface area is 180 Å². The number of nitrogens with zero attached hydrogens (tertiary/aromatic N) is 2. The minimum atomic E-state index is -0.463. The van der Waals surface area contributed by atoms with E-state index in [1.807, 2.05) is 48.9 Å². The van der Waals surface area contributed by atoms with E-state index in [1.54, 1.807) is 6.07 Å². The number of carbonyl (C=O) groups excluding carboxylic acids is 1. The monoisotopic (exact) mass is 418 g/mol. The third-order valence-electron chi connectivity index (χ3n) is 5.49. The van der Waals surface area contributed by atoms with Gasteiger partial charge >= 0.3 is 11.6 Å². The Morgan fingerprint density at radius 1 is 1.16 bits per heavy atom. The molecule has 0 N–H and O–H groups in total. The number of ether oxygens (including phenoxy) is 1. The second-order valence-corrected chi connectivity index (χ2v) is 8.31. The second-order valence-electron chi connectivity index (χ2n) is 8.31. The van der Waals surface area contributed by atoms with Crippen LogP contribution in [0, 0.1) is 19.8 Å². The molecule has 4 aromatic rings. The summed E-state index contributed by atoms with van der Waals surface area (Å²) in [4.78, 5) is 24.7. The summed E-state index contributed by atoms with van der Waals surface area (Å²) < 4.78 is 12.9. The molecule has 160 valence electrons. The standard InChI is InChI=1S/C25H26N2O4/c1-15(2)13-27-17(4)21(16(3)26-27)12-23(28)30-14-19-11-24(29)31-22-10-9-18-7-5-6-8-20(18)25(19)22/h5-11,15H,12-14H2,1-4H3. The van der Waals surface area contributed by atoms with Crippen molar-refractivity contribution >= 4 is 27.7 Å². The number of aromatic nitrogens is 2.